The maximum atomic E-state index is 12.1. The minimum Gasteiger partial charge on any atom is -0.496 e. The fraction of sp³-hybridized carbons (Fsp3) is 0.154. The molecule has 7 heteroatoms. The number of hydrogen-bond acceptors (Lipinski definition) is 7. The highest BCUT2D eigenvalue weighted by Gasteiger charge is 2.06. The summed E-state index contributed by atoms with van der Waals surface area (Å²) in [6.07, 6.45) is 5.99. The third kappa shape index (κ3) is 6.52. The Bertz CT molecular complexity index is 1180. The number of aryl methyl sites for hydroxylation is 1. The van der Waals surface area contributed by atoms with Crippen molar-refractivity contribution in [3.63, 3.8) is 0 Å². The molecule has 0 fully saturated rings. The average Bonchev–Trinajstić information content (AvgIpc) is 2.83. The zero-order valence-electron chi connectivity index (χ0n) is 18.3. The van der Waals surface area contributed by atoms with Crippen molar-refractivity contribution in [2.75, 3.05) is 25.2 Å². The minimum atomic E-state index is -0.435. The number of hydrogen-bond donors (Lipinski definition) is 2. The van der Waals surface area contributed by atoms with Crippen molar-refractivity contribution in [1.29, 1.82) is 5.26 Å². The molecule has 0 aliphatic heterocycles. The van der Waals surface area contributed by atoms with Crippen molar-refractivity contribution in [3.8, 4) is 28.9 Å². The van der Waals surface area contributed by atoms with Gasteiger partial charge in [0, 0.05) is 23.0 Å². The van der Waals surface area contributed by atoms with E-state index >= 15 is 0 Å². The molecule has 3 aromatic carbocycles. The van der Waals surface area contributed by atoms with Gasteiger partial charge in [-0.2, -0.15) is 0 Å². The second-order valence-corrected chi connectivity index (χ2v) is 7.24. The van der Waals surface area contributed by atoms with Crippen molar-refractivity contribution < 1.29 is 19.0 Å². The molecule has 0 aliphatic carbocycles. The van der Waals surface area contributed by atoms with E-state index < -0.39 is 5.97 Å². The van der Waals surface area contributed by atoms with E-state index in [1.165, 1.54) is 6.08 Å². The van der Waals surface area contributed by atoms with Gasteiger partial charge in [0.2, 0.25) is 0 Å². The average molecular weight is 444 g/mol. The first kappa shape index (κ1) is 23.2. The number of anilines is 2. The zero-order valence-corrected chi connectivity index (χ0v) is 18.3. The number of methoxy groups -OCH3 is 1. The van der Waals surface area contributed by atoms with Crippen molar-refractivity contribution in [2.45, 2.75) is 12.8 Å². The minimum absolute atomic E-state index is 0.277. The molecule has 3 rings (SSSR count). The van der Waals surface area contributed by atoms with Crippen LogP contribution in [0.1, 0.15) is 17.5 Å². The molecule has 0 spiro atoms. The summed E-state index contributed by atoms with van der Waals surface area (Å²) in [4.78, 5) is 12.1. The van der Waals surface area contributed by atoms with E-state index in [0.29, 0.717) is 35.7 Å². The first-order valence-electron chi connectivity index (χ1n) is 10.3. The SMILES string of the molecule is COc1cc(-c2ccc(OC#N)cc2)ccc1/C=C/C(=O)OCCCc1cc(N)ccc1N. The Kier molecular flexibility index (Phi) is 7.92. The lowest BCUT2D eigenvalue weighted by molar-refractivity contribution is -0.137. The molecule has 0 atom stereocenters. The van der Waals surface area contributed by atoms with Gasteiger partial charge in [-0.1, -0.05) is 24.3 Å². The van der Waals surface area contributed by atoms with Crippen molar-refractivity contribution in [2.24, 2.45) is 0 Å². The van der Waals surface area contributed by atoms with E-state index in [1.54, 1.807) is 43.7 Å². The van der Waals surface area contributed by atoms with Crippen LogP contribution in [-0.2, 0) is 16.0 Å². The zero-order chi connectivity index (χ0) is 23.6. The highest BCUT2D eigenvalue weighted by molar-refractivity contribution is 5.88. The maximum Gasteiger partial charge on any atom is 0.330 e. The predicted octanol–water partition coefficient (Wildman–Crippen LogP) is 4.58. The summed E-state index contributed by atoms with van der Waals surface area (Å²) in [6, 6.07) is 18.2. The monoisotopic (exact) mass is 443 g/mol. The van der Waals surface area contributed by atoms with Gasteiger partial charge in [-0.05, 0) is 72.0 Å². The molecule has 168 valence electrons. The fourth-order valence-electron chi connectivity index (χ4n) is 3.28. The molecule has 3 aromatic rings. The van der Waals surface area contributed by atoms with E-state index in [2.05, 4.69) is 0 Å². The van der Waals surface area contributed by atoms with Gasteiger partial charge in [0.15, 0.2) is 0 Å². The number of benzene rings is 3. The molecular formula is C26H25N3O4. The van der Waals surface area contributed by atoms with Crippen LogP contribution in [0.3, 0.4) is 0 Å². The van der Waals surface area contributed by atoms with E-state index in [4.69, 9.17) is 30.9 Å². The lowest BCUT2D eigenvalue weighted by Crippen LogP contribution is -2.04. The van der Waals surface area contributed by atoms with E-state index in [0.717, 1.165) is 22.3 Å². The van der Waals surface area contributed by atoms with Crippen LogP contribution in [0.5, 0.6) is 11.5 Å². The maximum absolute atomic E-state index is 12.1. The predicted molar refractivity (Wildman–Crippen MR) is 128 cm³/mol. The number of nitrogens with two attached hydrogens (primary N) is 2. The Morgan fingerprint density at radius 3 is 2.52 bits per heavy atom. The number of carbonyl (C=O) groups excluding carboxylic acids is 1. The van der Waals surface area contributed by atoms with Gasteiger partial charge < -0.3 is 25.7 Å². The van der Waals surface area contributed by atoms with Gasteiger partial charge in [0.05, 0.1) is 13.7 Å². The summed E-state index contributed by atoms with van der Waals surface area (Å²) in [5, 5.41) is 8.58. The molecule has 0 amide bonds. The lowest BCUT2D eigenvalue weighted by atomic mass is 10.0. The van der Waals surface area contributed by atoms with Gasteiger partial charge in [-0.3, -0.25) is 0 Å². The van der Waals surface area contributed by atoms with E-state index in [-0.39, 0.29) is 6.61 Å². The Labute approximate surface area is 192 Å². The standard InChI is InChI=1S/C26H25N3O4/c1-31-25-16-20(18-6-10-23(11-7-18)33-17-27)5-4-19(25)8-13-26(30)32-14-2-3-21-15-22(28)9-12-24(21)29/h4-13,15-16H,2-3,14,28-29H2,1H3/b13-8+. The van der Waals surface area contributed by atoms with Crippen molar-refractivity contribution in [1.82, 2.24) is 0 Å². The van der Waals surface area contributed by atoms with Crippen LogP contribution in [0.2, 0.25) is 0 Å². The summed E-state index contributed by atoms with van der Waals surface area (Å²) < 4.78 is 15.6. The van der Waals surface area contributed by atoms with Crippen LogP contribution in [0, 0.1) is 11.5 Å². The molecule has 0 saturated carbocycles. The first-order chi connectivity index (χ1) is 16.0. The van der Waals surface area contributed by atoms with Gasteiger partial charge in [0.25, 0.3) is 6.26 Å². The van der Waals surface area contributed by atoms with Gasteiger partial charge >= 0.3 is 5.97 Å². The Balaban J connectivity index is 1.56. The number of rotatable bonds is 9. The lowest BCUT2D eigenvalue weighted by Gasteiger charge is -2.09. The molecule has 0 aromatic heterocycles. The number of nitrogens with zero attached hydrogens (tertiary/aromatic N) is 1. The highest BCUT2D eigenvalue weighted by Crippen LogP contribution is 2.29. The molecule has 0 heterocycles. The summed E-state index contributed by atoms with van der Waals surface area (Å²) in [5.74, 6) is 0.656. The summed E-state index contributed by atoms with van der Waals surface area (Å²) in [7, 11) is 1.57. The molecular weight excluding hydrogens is 418 g/mol. The topological polar surface area (TPSA) is 121 Å². The Morgan fingerprint density at radius 2 is 1.79 bits per heavy atom. The van der Waals surface area contributed by atoms with Gasteiger partial charge in [-0.25, -0.2) is 4.79 Å². The number of ether oxygens (including phenoxy) is 3. The summed E-state index contributed by atoms with van der Waals surface area (Å²) in [5.41, 5.74) is 16.6. The second-order valence-electron chi connectivity index (χ2n) is 7.24. The molecule has 0 radical (unpaired) electrons. The van der Waals surface area contributed by atoms with E-state index in [9.17, 15) is 4.79 Å². The smallest absolute Gasteiger partial charge is 0.330 e. The van der Waals surface area contributed by atoms with E-state index in [1.807, 2.05) is 36.4 Å². The van der Waals surface area contributed by atoms with Crippen LogP contribution in [0.15, 0.2) is 66.7 Å². The largest absolute Gasteiger partial charge is 0.496 e. The van der Waals surface area contributed by atoms with Crippen LogP contribution < -0.4 is 20.9 Å². The highest BCUT2D eigenvalue weighted by atomic mass is 16.5. The van der Waals surface area contributed by atoms with Crippen molar-refractivity contribution >= 4 is 23.4 Å². The summed E-state index contributed by atoms with van der Waals surface area (Å²) in [6.45, 7) is 0.277. The number of nitrogen functional groups attached to an aromatic ring is 2. The molecule has 0 saturated heterocycles. The number of carbonyl (C=O) groups is 1. The van der Waals surface area contributed by atoms with Gasteiger partial charge in [-0.15, -0.1) is 5.26 Å². The molecule has 4 N–H and O–H groups in total. The van der Waals surface area contributed by atoms with Crippen LogP contribution >= 0.6 is 0 Å². The van der Waals surface area contributed by atoms with Crippen LogP contribution in [0.4, 0.5) is 11.4 Å². The fourth-order valence-corrected chi connectivity index (χ4v) is 3.28. The van der Waals surface area contributed by atoms with Crippen LogP contribution in [-0.4, -0.2) is 19.7 Å². The van der Waals surface area contributed by atoms with Gasteiger partial charge in [0.1, 0.15) is 11.5 Å². The summed E-state index contributed by atoms with van der Waals surface area (Å²) >= 11 is 0. The van der Waals surface area contributed by atoms with Crippen LogP contribution in [0.25, 0.3) is 17.2 Å². The molecule has 0 bridgehead atoms. The Morgan fingerprint density at radius 1 is 1.03 bits per heavy atom. The normalized spacial score (nSPS) is 10.5. The molecule has 0 unspecified atom stereocenters. The Hall–Kier alpha value is -4.44. The second kappa shape index (κ2) is 11.3. The van der Waals surface area contributed by atoms with Crippen molar-refractivity contribution in [3.05, 3.63) is 77.9 Å². The third-order valence-electron chi connectivity index (χ3n) is 4.99. The molecule has 0 aliphatic rings. The first-order valence-corrected chi connectivity index (χ1v) is 10.3. The molecule has 33 heavy (non-hydrogen) atoms. The third-order valence-corrected chi connectivity index (χ3v) is 4.99. The number of esters is 1. The quantitative estimate of drug-likeness (QED) is 0.163. The molecule has 7 nitrogen and oxygen atoms in total. The number of nitriles is 1.